The molecule has 1 aromatic carbocycles. The molecule has 1 saturated carbocycles. The Kier molecular flexibility index (Phi) is 6.98. The summed E-state index contributed by atoms with van der Waals surface area (Å²) in [6, 6.07) is 6.58. The Labute approximate surface area is 181 Å². The molecule has 1 aliphatic rings. The van der Waals surface area contributed by atoms with Gasteiger partial charge < -0.3 is 30.6 Å². The van der Waals surface area contributed by atoms with E-state index in [0.717, 1.165) is 18.2 Å². The first-order valence-corrected chi connectivity index (χ1v) is 9.59. The van der Waals surface area contributed by atoms with E-state index in [2.05, 4.69) is 26.9 Å². The number of aliphatic hydroxyl groups excluding tert-OH is 1. The van der Waals surface area contributed by atoms with Gasteiger partial charge in [0.05, 0.1) is 23.9 Å². The summed E-state index contributed by atoms with van der Waals surface area (Å²) in [7, 11) is 0. The van der Waals surface area contributed by atoms with E-state index in [1.54, 1.807) is 6.07 Å². The maximum absolute atomic E-state index is 12.4. The average molecular weight is 450 g/mol. The molecule has 4 N–H and O–H groups in total. The van der Waals surface area contributed by atoms with Crippen LogP contribution in [0.5, 0.6) is 11.5 Å². The third-order valence-corrected chi connectivity index (χ3v) is 4.55. The first-order valence-electron chi connectivity index (χ1n) is 9.59. The number of amides is 1. The number of anilines is 2. The van der Waals surface area contributed by atoms with Crippen LogP contribution in [0, 0.1) is 5.41 Å². The Morgan fingerprint density at radius 2 is 1.97 bits per heavy atom. The van der Waals surface area contributed by atoms with E-state index >= 15 is 0 Å². The minimum Gasteiger partial charge on any atom is -0.489 e. The Morgan fingerprint density at radius 1 is 1.28 bits per heavy atom. The quantitative estimate of drug-likeness (QED) is 0.344. The molecule has 3 rings (SSSR count). The first-order chi connectivity index (χ1) is 15.1. The summed E-state index contributed by atoms with van der Waals surface area (Å²) >= 11 is 0. The number of pyridine rings is 1. The van der Waals surface area contributed by atoms with E-state index in [4.69, 9.17) is 10.1 Å². The highest BCUT2D eigenvalue weighted by molar-refractivity contribution is 6.08. The molecule has 32 heavy (non-hydrogen) atoms. The summed E-state index contributed by atoms with van der Waals surface area (Å²) in [4.78, 5) is 15.7. The standard InChI is InChI=1S/C21H21F3N4O4/c1-2-18(30)27-11-16(25)19-17(31-15-9-13(29)10-15)7-8-26-20(19)28-12-3-5-14(6-4-12)32-21(22,23)24/h2-8,13,15,25,29H,1,9-11H2,(H,26,28)(H,27,30)/t13-,15-. The second-order valence-electron chi connectivity index (χ2n) is 7.00. The summed E-state index contributed by atoms with van der Waals surface area (Å²) in [5.74, 6) is -0.297. The molecule has 1 aliphatic carbocycles. The predicted molar refractivity (Wildman–Crippen MR) is 110 cm³/mol. The van der Waals surface area contributed by atoms with Crippen LogP contribution in [0.25, 0.3) is 0 Å². The highest BCUT2D eigenvalue weighted by atomic mass is 19.4. The number of benzene rings is 1. The minimum absolute atomic E-state index is 0.0114. The van der Waals surface area contributed by atoms with E-state index in [-0.39, 0.29) is 35.5 Å². The van der Waals surface area contributed by atoms with Crippen molar-refractivity contribution in [2.75, 3.05) is 11.9 Å². The first kappa shape index (κ1) is 23.1. The molecular formula is C21H21F3N4O4. The zero-order valence-electron chi connectivity index (χ0n) is 16.8. The van der Waals surface area contributed by atoms with E-state index in [1.807, 2.05) is 0 Å². The largest absolute Gasteiger partial charge is 0.573 e. The van der Waals surface area contributed by atoms with Crippen molar-refractivity contribution in [3.8, 4) is 11.5 Å². The van der Waals surface area contributed by atoms with Crippen LogP contribution >= 0.6 is 0 Å². The number of carbonyl (C=O) groups is 1. The molecule has 1 amide bonds. The van der Waals surface area contributed by atoms with Crippen LogP contribution in [-0.4, -0.2) is 46.8 Å². The van der Waals surface area contributed by atoms with Crippen molar-refractivity contribution >= 4 is 23.1 Å². The maximum atomic E-state index is 12.4. The highest BCUT2D eigenvalue weighted by Crippen LogP contribution is 2.33. The molecule has 1 aromatic heterocycles. The molecule has 0 radical (unpaired) electrons. The number of ether oxygens (including phenoxy) is 2. The second kappa shape index (κ2) is 9.69. The highest BCUT2D eigenvalue weighted by Gasteiger charge is 2.31. The van der Waals surface area contributed by atoms with Gasteiger partial charge in [0, 0.05) is 24.7 Å². The predicted octanol–water partition coefficient (Wildman–Crippen LogP) is 3.30. The van der Waals surface area contributed by atoms with Crippen molar-refractivity contribution in [3.05, 3.63) is 54.7 Å². The van der Waals surface area contributed by atoms with E-state index < -0.39 is 18.4 Å². The zero-order valence-corrected chi connectivity index (χ0v) is 16.8. The summed E-state index contributed by atoms with van der Waals surface area (Å²) in [5.41, 5.74) is 0.656. The Bertz CT molecular complexity index is 990. The normalized spacial score (nSPS) is 17.6. The number of nitrogens with zero attached hydrogens (tertiary/aromatic N) is 1. The minimum atomic E-state index is -4.80. The molecule has 0 atom stereocenters. The number of alkyl halides is 3. The van der Waals surface area contributed by atoms with Crippen LogP contribution in [0.15, 0.2) is 49.2 Å². The number of aliphatic hydroxyl groups is 1. The van der Waals surface area contributed by atoms with Crippen LogP contribution in [0.3, 0.4) is 0 Å². The van der Waals surface area contributed by atoms with Gasteiger partial charge in [-0.15, -0.1) is 13.2 Å². The average Bonchev–Trinajstić information content (AvgIpc) is 2.71. The number of aromatic nitrogens is 1. The van der Waals surface area contributed by atoms with Gasteiger partial charge in [-0.3, -0.25) is 4.79 Å². The molecule has 0 aliphatic heterocycles. The fourth-order valence-corrected chi connectivity index (χ4v) is 2.96. The molecule has 1 fully saturated rings. The lowest BCUT2D eigenvalue weighted by Crippen LogP contribution is -2.38. The van der Waals surface area contributed by atoms with Gasteiger partial charge in [0.1, 0.15) is 23.4 Å². The number of hydrogen-bond donors (Lipinski definition) is 4. The van der Waals surface area contributed by atoms with Crippen LogP contribution in [0.4, 0.5) is 24.7 Å². The van der Waals surface area contributed by atoms with E-state index in [1.165, 1.54) is 18.3 Å². The molecule has 0 saturated heterocycles. The van der Waals surface area contributed by atoms with Crippen molar-refractivity contribution in [3.63, 3.8) is 0 Å². The smallest absolute Gasteiger partial charge is 0.489 e. The Balaban J connectivity index is 1.84. The fraction of sp³-hybridized carbons (Fsp3) is 0.286. The summed E-state index contributed by atoms with van der Waals surface area (Å²) < 4.78 is 46.8. The van der Waals surface area contributed by atoms with Gasteiger partial charge in [0.15, 0.2) is 0 Å². The number of hydrogen-bond acceptors (Lipinski definition) is 7. The van der Waals surface area contributed by atoms with Gasteiger partial charge in [-0.2, -0.15) is 0 Å². The monoisotopic (exact) mass is 450 g/mol. The number of rotatable bonds is 9. The molecule has 1 heterocycles. The van der Waals surface area contributed by atoms with E-state index in [9.17, 15) is 23.1 Å². The van der Waals surface area contributed by atoms with Gasteiger partial charge in [-0.25, -0.2) is 4.98 Å². The van der Waals surface area contributed by atoms with Crippen molar-refractivity contribution in [2.45, 2.75) is 31.4 Å². The lowest BCUT2D eigenvalue weighted by Gasteiger charge is -2.32. The number of carbonyl (C=O) groups excluding carboxylic acids is 1. The topological polar surface area (TPSA) is 117 Å². The van der Waals surface area contributed by atoms with Crippen molar-refractivity contribution < 1.29 is 32.5 Å². The van der Waals surface area contributed by atoms with Gasteiger partial charge in [0.2, 0.25) is 5.91 Å². The van der Waals surface area contributed by atoms with Crippen molar-refractivity contribution in [2.24, 2.45) is 0 Å². The van der Waals surface area contributed by atoms with Gasteiger partial charge in [0.25, 0.3) is 0 Å². The van der Waals surface area contributed by atoms with Crippen molar-refractivity contribution in [1.82, 2.24) is 10.3 Å². The Hall–Kier alpha value is -3.60. The summed E-state index contributed by atoms with van der Waals surface area (Å²) in [6.45, 7) is 3.23. The molecule has 0 unspecified atom stereocenters. The zero-order chi connectivity index (χ0) is 23.3. The lowest BCUT2D eigenvalue weighted by molar-refractivity contribution is -0.274. The van der Waals surface area contributed by atoms with Gasteiger partial charge in [-0.05, 0) is 36.4 Å². The molecule has 0 spiro atoms. The number of nitrogens with one attached hydrogen (secondary N) is 3. The second-order valence-corrected chi connectivity index (χ2v) is 7.00. The van der Waals surface area contributed by atoms with Crippen LogP contribution in [-0.2, 0) is 4.79 Å². The van der Waals surface area contributed by atoms with Crippen LogP contribution < -0.4 is 20.1 Å². The molecule has 11 heteroatoms. The molecule has 2 aromatic rings. The van der Waals surface area contributed by atoms with Crippen LogP contribution in [0.2, 0.25) is 0 Å². The van der Waals surface area contributed by atoms with E-state index in [0.29, 0.717) is 24.3 Å². The Morgan fingerprint density at radius 3 is 2.56 bits per heavy atom. The third kappa shape index (κ3) is 6.20. The van der Waals surface area contributed by atoms with Crippen LogP contribution in [0.1, 0.15) is 18.4 Å². The molecule has 0 bridgehead atoms. The van der Waals surface area contributed by atoms with Gasteiger partial charge >= 0.3 is 6.36 Å². The summed E-state index contributed by atoms with van der Waals surface area (Å²) in [6.07, 6.45) is -2.03. The lowest BCUT2D eigenvalue weighted by atomic mass is 9.92. The maximum Gasteiger partial charge on any atom is 0.573 e. The SMILES string of the molecule is C=CC(=O)NCC(=N)c1c(O[C@H]2C[C@H](O)C2)ccnc1Nc1ccc(OC(F)(F)F)cc1. The summed E-state index contributed by atoms with van der Waals surface area (Å²) in [5, 5.41) is 23.4. The molecule has 8 nitrogen and oxygen atoms in total. The van der Waals surface area contributed by atoms with Gasteiger partial charge in [-0.1, -0.05) is 6.58 Å². The fourth-order valence-electron chi connectivity index (χ4n) is 2.96. The van der Waals surface area contributed by atoms with Crippen molar-refractivity contribution in [1.29, 1.82) is 5.41 Å². The number of halogens is 3. The molecular weight excluding hydrogens is 429 g/mol. The molecule has 170 valence electrons. The third-order valence-electron chi connectivity index (χ3n) is 4.55.